The van der Waals surface area contributed by atoms with Crippen LogP contribution in [0.2, 0.25) is 0 Å². The van der Waals surface area contributed by atoms with E-state index < -0.39 is 23.8 Å². The molecule has 30 heavy (non-hydrogen) atoms. The highest BCUT2D eigenvalue weighted by molar-refractivity contribution is 6.09. The Labute approximate surface area is 173 Å². The molecule has 5 rings (SSSR count). The molecule has 0 fully saturated rings. The van der Waals surface area contributed by atoms with Gasteiger partial charge in [-0.25, -0.2) is 0 Å². The number of hydrogen-bond acceptors (Lipinski definition) is 5. The number of carbonyl (C=O) groups excluding carboxylic acids is 2. The SMILES string of the molecule is COC(=O)[C@@H]1[C@@H](C(=O)OC)[C@H]2C(=C[C@@H]1C)COc1ccc3c([nH]c4ccccc43)c12. The Morgan fingerprint density at radius 2 is 1.73 bits per heavy atom. The van der Waals surface area contributed by atoms with E-state index >= 15 is 0 Å². The third kappa shape index (κ3) is 2.56. The van der Waals surface area contributed by atoms with E-state index in [0.29, 0.717) is 6.61 Å². The summed E-state index contributed by atoms with van der Waals surface area (Å²) in [6.07, 6.45) is 2.05. The third-order valence-corrected chi connectivity index (χ3v) is 6.52. The summed E-state index contributed by atoms with van der Waals surface area (Å²) in [5.74, 6) is -1.88. The largest absolute Gasteiger partial charge is 0.489 e. The van der Waals surface area contributed by atoms with E-state index in [0.717, 1.165) is 38.7 Å². The van der Waals surface area contributed by atoms with Crippen LogP contribution in [0.4, 0.5) is 0 Å². The summed E-state index contributed by atoms with van der Waals surface area (Å²) in [7, 11) is 2.72. The second-order valence-electron chi connectivity index (χ2n) is 8.04. The van der Waals surface area contributed by atoms with Gasteiger partial charge >= 0.3 is 11.9 Å². The van der Waals surface area contributed by atoms with Crippen molar-refractivity contribution in [1.29, 1.82) is 0 Å². The average Bonchev–Trinajstić information content (AvgIpc) is 3.15. The molecule has 2 aliphatic rings. The van der Waals surface area contributed by atoms with Crippen molar-refractivity contribution in [2.24, 2.45) is 17.8 Å². The van der Waals surface area contributed by atoms with Gasteiger partial charge in [0.25, 0.3) is 0 Å². The van der Waals surface area contributed by atoms with Gasteiger partial charge in [-0.2, -0.15) is 0 Å². The molecule has 0 saturated heterocycles. The number of para-hydroxylation sites is 1. The summed E-state index contributed by atoms with van der Waals surface area (Å²) < 4.78 is 16.3. The van der Waals surface area contributed by atoms with Crippen LogP contribution in [0.15, 0.2) is 48.0 Å². The second-order valence-corrected chi connectivity index (χ2v) is 8.04. The van der Waals surface area contributed by atoms with Crippen LogP contribution in [0.1, 0.15) is 18.4 Å². The number of allylic oxidation sites excluding steroid dienone is 1. The lowest BCUT2D eigenvalue weighted by atomic mass is 9.64. The highest BCUT2D eigenvalue weighted by atomic mass is 16.5. The van der Waals surface area contributed by atoms with Gasteiger partial charge in [0.15, 0.2) is 0 Å². The maximum absolute atomic E-state index is 13.0. The topological polar surface area (TPSA) is 77.6 Å². The molecule has 1 aliphatic heterocycles. The highest BCUT2D eigenvalue weighted by Gasteiger charge is 2.50. The van der Waals surface area contributed by atoms with E-state index in [4.69, 9.17) is 14.2 Å². The number of carbonyl (C=O) groups is 2. The first-order valence-electron chi connectivity index (χ1n) is 10.1. The average molecular weight is 405 g/mol. The van der Waals surface area contributed by atoms with Crippen molar-refractivity contribution in [1.82, 2.24) is 4.98 Å². The maximum atomic E-state index is 13.0. The van der Waals surface area contributed by atoms with Crippen LogP contribution in [0, 0.1) is 17.8 Å². The van der Waals surface area contributed by atoms with Gasteiger partial charge in [0.1, 0.15) is 12.4 Å². The smallest absolute Gasteiger partial charge is 0.310 e. The fourth-order valence-corrected chi connectivity index (χ4v) is 5.25. The number of esters is 2. The molecular weight excluding hydrogens is 382 g/mol. The Hall–Kier alpha value is -3.28. The van der Waals surface area contributed by atoms with Crippen molar-refractivity contribution in [2.75, 3.05) is 20.8 Å². The molecule has 154 valence electrons. The summed E-state index contributed by atoms with van der Waals surface area (Å²) in [5, 5.41) is 2.17. The summed E-state index contributed by atoms with van der Waals surface area (Å²) in [4.78, 5) is 29.2. The number of aromatic nitrogens is 1. The minimum Gasteiger partial charge on any atom is -0.489 e. The van der Waals surface area contributed by atoms with Crippen molar-refractivity contribution in [3.8, 4) is 5.75 Å². The van der Waals surface area contributed by atoms with Gasteiger partial charge in [-0.05, 0) is 29.7 Å². The van der Waals surface area contributed by atoms with Gasteiger partial charge in [-0.1, -0.05) is 31.2 Å². The predicted octanol–water partition coefficient (Wildman–Crippen LogP) is 3.95. The summed E-state index contributed by atoms with van der Waals surface area (Å²) in [6.45, 7) is 2.31. The monoisotopic (exact) mass is 405 g/mol. The molecule has 0 spiro atoms. The van der Waals surface area contributed by atoms with E-state index in [1.54, 1.807) is 0 Å². The number of hydrogen-bond donors (Lipinski definition) is 1. The Kier molecular flexibility index (Phi) is 4.31. The van der Waals surface area contributed by atoms with E-state index in [-0.39, 0.29) is 11.8 Å². The minimum absolute atomic E-state index is 0.167. The van der Waals surface area contributed by atoms with Crippen LogP contribution in [-0.2, 0) is 19.1 Å². The lowest BCUT2D eigenvalue weighted by molar-refractivity contribution is -0.160. The first-order chi connectivity index (χ1) is 14.5. The predicted molar refractivity (Wildman–Crippen MR) is 112 cm³/mol. The van der Waals surface area contributed by atoms with Crippen LogP contribution in [-0.4, -0.2) is 37.7 Å². The van der Waals surface area contributed by atoms with Gasteiger partial charge in [0.2, 0.25) is 0 Å². The number of benzene rings is 2. The fraction of sp³-hybridized carbons (Fsp3) is 0.333. The molecule has 1 aliphatic carbocycles. The molecule has 6 heteroatoms. The minimum atomic E-state index is -0.683. The molecule has 3 aromatic rings. The van der Waals surface area contributed by atoms with E-state index in [1.165, 1.54) is 14.2 Å². The third-order valence-electron chi connectivity index (χ3n) is 6.52. The first-order valence-corrected chi connectivity index (χ1v) is 10.1. The molecule has 1 N–H and O–H groups in total. The van der Waals surface area contributed by atoms with Gasteiger partial charge in [0.05, 0.1) is 31.6 Å². The van der Waals surface area contributed by atoms with E-state index in [9.17, 15) is 9.59 Å². The zero-order valence-electron chi connectivity index (χ0n) is 17.1. The molecule has 0 radical (unpaired) electrons. The quantitative estimate of drug-likeness (QED) is 0.516. The molecule has 0 amide bonds. The molecule has 0 unspecified atom stereocenters. The summed E-state index contributed by atoms with van der Waals surface area (Å²) in [5.41, 5.74) is 3.84. The van der Waals surface area contributed by atoms with Crippen LogP contribution in [0.5, 0.6) is 5.75 Å². The Balaban J connectivity index is 1.80. The number of aromatic amines is 1. The second kappa shape index (κ2) is 6.90. The summed E-state index contributed by atoms with van der Waals surface area (Å²) >= 11 is 0. The van der Waals surface area contributed by atoms with Crippen LogP contribution in [0.3, 0.4) is 0 Å². The standard InChI is InChI=1S/C24H23NO5/c1-12-10-13-11-30-17-9-8-15-14-6-4-5-7-16(14)25-22(15)20(17)19(13)21(24(27)29-3)18(12)23(26)28-2/h4-10,12,18-19,21,25H,11H2,1-3H3/t12-,18-,19-,21+/m0/s1. The number of H-pyrrole nitrogens is 1. The van der Waals surface area contributed by atoms with Crippen LogP contribution < -0.4 is 4.74 Å². The number of ether oxygens (including phenoxy) is 3. The molecule has 2 heterocycles. The van der Waals surface area contributed by atoms with Gasteiger partial charge in [-0.3, -0.25) is 9.59 Å². The van der Waals surface area contributed by atoms with E-state index in [1.807, 2.05) is 37.3 Å². The number of nitrogens with one attached hydrogen (secondary N) is 1. The molecule has 2 aromatic carbocycles. The lowest BCUT2D eigenvalue weighted by Crippen LogP contribution is -2.44. The van der Waals surface area contributed by atoms with Gasteiger partial charge in [0, 0.05) is 27.8 Å². The molecule has 4 atom stereocenters. The van der Waals surface area contributed by atoms with Crippen molar-refractivity contribution in [3.05, 3.63) is 53.6 Å². The Bertz CT molecular complexity index is 1210. The zero-order chi connectivity index (χ0) is 21.0. The Morgan fingerprint density at radius 1 is 1.00 bits per heavy atom. The van der Waals surface area contributed by atoms with Gasteiger partial charge < -0.3 is 19.2 Å². The number of fused-ring (bicyclic) bond motifs is 7. The molecule has 0 saturated carbocycles. The van der Waals surface area contributed by atoms with Crippen molar-refractivity contribution in [2.45, 2.75) is 12.8 Å². The number of methoxy groups -OCH3 is 2. The molecule has 6 nitrogen and oxygen atoms in total. The van der Waals surface area contributed by atoms with Crippen molar-refractivity contribution < 1.29 is 23.8 Å². The van der Waals surface area contributed by atoms with Crippen LogP contribution in [0.25, 0.3) is 21.8 Å². The Morgan fingerprint density at radius 3 is 2.50 bits per heavy atom. The fourth-order valence-electron chi connectivity index (χ4n) is 5.25. The lowest BCUT2D eigenvalue weighted by Gasteiger charge is -2.41. The van der Waals surface area contributed by atoms with Gasteiger partial charge in [-0.15, -0.1) is 0 Å². The maximum Gasteiger partial charge on any atom is 0.310 e. The molecule has 1 aromatic heterocycles. The molecule has 0 bridgehead atoms. The first kappa shape index (κ1) is 18.7. The zero-order valence-corrected chi connectivity index (χ0v) is 17.1. The number of rotatable bonds is 2. The van der Waals surface area contributed by atoms with Crippen LogP contribution >= 0.6 is 0 Å². The van der Waals surface area contributed by atoms with E-state index in [2.05, 4.69) is 17.1 Å². The summed E-state index contributed by atoms with van der Waals surface area (Å²) in [6, 6.07) is 12.1. The molecular formula is C24H23NO5. The van der Waals surface area contributed by atoms with Crippen molar-refractivity contribution >= 4 is 33.7 Å². The normalized spacial score (nSPS) is 25.1. The van der Waals surface area contributed by atoms with Crippen molar-refractivity contribution in [3.63, 3.8) is 0 Å². The highest BCUT2D eigenvalue weighted by Crippen LogP contribution is 2.52.